The summed E-state index contributed by atoms with van der Waals surface area (Å²) in [6, 6.07) is 13.3. The third-order valence-electron chi connectivity index (χ3n) is 5.46. The first kappa shape index (κ1) is 19.8. The smallest absolute Gasteiger partial charge is 0.341 e. The van der Waals surface area contributed by atoms with Crippen molar-refractivity contribution in [2.24, 2.45) is 0 Å². The van der Waals surface area contributed by atoms with Crippen LogP contribution in [-0.4, -0.2) is 42.0 Å². The average Bonchev–Trinajstić information content (AvgIpc) is 3.01. The molecule has 1 aromatic heterocycles. The SMILES string of the molecule is CCOC(=O)C1=CN(C(=O)c2cccc(OC)c2C)CCc2c1[nH]c1ccccc21. The monoisotopic (exact) mass is 404 g/mol. The van der Waals surface area contributed by atoms with Crippen LogP contribution in [0.1, 0.15) is 34.1 Å². The highest BCUT2D eigenvalue weighted by atomic mass is 16.5. The lowest BCUT2D eigenvalue weighted by atomic mass is 10.0. The van der Waals surface area contributed by atoms with Gasteiger partial charge in [-0.2, -0.15) is 0 Å². The molecule has 0 saturated carbocycles. The topological polar surface area (TPSA) is 71.6 Å². The summed E-state index contributed by atoms with van der Waals surface area (Å²) < 4.78 is 10.7. The second kappa shape index (κ2) is 8.06. The molecule has 1 amide bonds. The Balaban J connectivity index is 1.80. The minimum atomic E-state index is -0.452. The number of fused-ring (bicyclic) bond motifs is 3. The van der Waals surface area contributed by atoms with Crippen LogP contribution in [0.25, 0.3) is 16.5 Å². The van der Waals surface area contributed by atoms with Gasteiger partial charge in [-0.25, -0.2) is 4.79 Å². The lowest BCUT2D eigenvalue weighted by molar-refractivity contribution is -0.136. The molecule has 1 aliphatic heterocycles. The minimum Gasteiger partial charge on any atom is -0.496 e. The van der Waals surface area contributed by atoms with Crippen LogP contribution in [0.15, 0.2) is 48.7 Å². The summed E-state index contributed by atoms with van der Waals surface area (Å²) in [4.78, 5) is 31.1. The summed E-state index contributed by atoms with van der Waals surface area (Å²) in [5.41, 5.74) is 4.36. The Labute approximate surface area is 175 Å². The van der Waals surface area contributed by atoms with Crippen molar-refractivity contribution in [3.63, 3.8) is 0 Å². The molecule has 0 fully saturated rings. The second-order valence-electron chi connectivity index (χ2n) is 7.17. The minimum absolute atomic E-state index is 0.178. The van der Waals surface area contributed by atoms with E-state index in [1.165, 1.54) is 0 Å². The Morgan fingerprint density at radius 3 is 2.70 bits per heavy atom. The number of methoxy groups -OCH3 is 1. The molecule has 0 spiro atoms. The predicted molar refractivity (Wildman–Crippen MR) is 115 cm³/mol. The van der Waals surface area contributed by atoms with Crippen LogP contribution in [-0.2, 0) is 16.0 Å². The standard InChI is InChI=1S/C24H24N2O4/c1-4-30-24(28)19-14-26(23(27)16-9-7-11-21(29-3)15(16)2)13-12-18-17-8-5-6-10-20(17)25-22(18)19/h5-11,14,25H,4,12-13H2,1-3H3. The van der Waals surface area contributed by atoms with Crippen molar-refractivity contribution in [1.29, 1.82) is 0 Å². The summed E-state index contributed by atoms with van der Waals surface area (Å²) in [5.74, 6) is 0.0245. The van der Waals surface area contributed by atoms with Crippen molar-refractivity contribution in [2.45, 2.75) is 20.3 Å². The molecule has 30 heavy (non-hydrogen) atoms. The van der Waals surface area contributed by atoms with E-state index >= 15 is 0 Å². The maximum atomic E-state index is 13.4. The number of nitrogens with zero attached hydrogens (tertiary/aromatic N) is 1. The van der Waals surface area contributed by atoms with Gasteiger partial charge in [-0.05, 0) is 44.0 Å². The van der Waals surface area contributed by atoms with Crippen LogP contribution in [0.5, 0.6) is 5.75 Å². The quantitative estimate of drug-likeness (QED) is 0.665. The third kappa shape index (κ3) is 3.34. The van der Waals surface area contributed by atoms with Crippen molar-refractivity contribution < 1.29 is 19.1 Å². The van der Waals surface area contributed by atoms with Gasteiger partial charge in [0.25, 0.3) is 5.91 Å². The van der Waals surface area contributed by atoms with Crippen molar-refractivity contribution in [1.82, 2.24) is 9.88 Å². The van der Waals surface area contributed by atoms with E-state index in [9.17, 15) is 9.59 Å². The largest absolute Gasteiger partial charge is 0.496 e. The molecule has 0 radical (unpaired) electrons. The average molecular weight is 404 g/mol. The number of amides is 1. The lowest BCUT2D eigenvalue weighted by Crippen LogP contribution is -2.28. The molecule has 1 N–H and O–H groups in total. The molecule has 3 aromatic rings. The fourth-order valence-electron chi connectivity index (χ4n) is 3.95. The summed E-state index contributed by atoms with van der Waals surface area (Å²) >= 11 is 0. The maximum absolute atomic E-state index is 13.4. The number of aromatic amines is 1. The first-order valence-corrected chi connectivity index (χ1v) is 9.98. The fourth-order valence-corrected chi connectivity index (χ4v) is 3.95. The van der Waals surface area contributed by atoms with E-state index in [0.29, 0.717) is 35.5 Å². The number of carbonyl (C=O) groups is 2. The van der Waals surface area contributed by atoms with Crippen LogP contribution in [0.4, 0.5) is 0 Å². The van der Waals surface area contributed by atoms with Gasteiger partial charge in [0.05, 0.1) is 25.0 Å². The van der Waals surface area contributed by atoms with E-state index in [1.807, 2.05) is 37.3 Å². The molecule has 4 rings (SSSR count). The van der Waals surface area contributed by atoms with E-state index in [2.05, 4.69) is 4.98 Å². The number of carbonyl (C=O) groups excluding carboxylic acids is 2. The number of ether oxygens (including phenoxy) is 2. The van der Waals surface area contributed by atoms with Crippen molar-refractivity contribution in [3.8, 4) is 5.75 Å². The normalized spacial score (nSPS) is 13.4. The van der Waals surface area contributed by atoms with Gasteiger partial charge >= 0.3 is 5.97 Å². The molecule has 0 unspecified atom stereocenters. The summed E-state index contributed by atoms with van der Waals surface area (Å²) in [5, 5.41) is 1.05. The van der Waals surface area contributed by atoms with Gasteiger partial charge in [-0.15, -0.1) is 0 Å². The summed E-state index contributed by atoms with van der Waals surface area (Å²) in [6.45, 7) is 4.33. The zero-order valence-corrected chi connectivity index (χ0v) is 17.3. The number of H-pyrrole nitrogens is 1. The number of benzene rings is 2. The van der Waals surface area contributed by atoms with Gasteiger partial charge in [0.15, 0.2) is 0 Å². The van der Waals surface area contributed by atoms with E-state index < -0.39 is 5.97 Å². The van der Waals surface area contributed by atoms with E-state index in [-0.39, 0.29) is 12.5 Å². The van der Waals surface area contributed by atoms with E-state index in [4.69, 9.17) is 9.47 Å². The Morgan fingerprint density at radius 1 is 1.13 bits per heavy atom. The highest BCUT2D eigenvalue weighted by Crippen LogP contribution is 2.32. The molecule has 0 atom stereocenters. The molecule has 2 heterocycles. The van der Waals surface area contributed by atoms with Crippen LogP contribution < -0.4 is 4.74 Å². The number of hydrogen-bond donors (Lipinski definition) is 1. The lowest BCUT2D eigenvalue weighted by Gasteiger charge is -2.19. The first-order chi connectivity index (χ1) is 14.5. The molecule has 0 saturated heterocycles. The van der Waals surface area contributed by atoms with Crippen molar-refractivity contribution in [2.75, 3.05) is 20.3 Å². The van der Waals surface area contributed by atoms with Crippen LogP contribution in [0, 0.1) is 6.92 Å². The first-order valence-electron chi connectivity index (χ1n) is 9.98. The van der Waals surface area contributed by atoms with E-state index in [0.717, 1.165) is 22.0 Å². The van der Waals surface area contributed by atoms with Crippen LogP contribution in [0.3, 0.4) is 0 Å². The van der Waals surface area contributed by atoms with Gasteiger partial charge in [-0.1, -0.05) is 24.3 Å². The fraction of sp³-hybridized carbons (Fsp3) is 0.250. The Hall–Kier alpha value is -3.54. The number of aromatic nitrogens is 1. The Bertz CT molecular complexity index is 1160. The predicted octanol–water partition coefficient (Wildman–Crippen LogP) is 4.09. The van der Waals surface area contributed by atoms with Crippen LogP contribution >= 0.6 is 0 Å². The van der Waals surface area contributed by atoms with Gasteiger partial charge in [0.1, 0.15) is 5.75 Å². The zero-order chi connectivity index (χ0) is 21.3. The highest BCUT2D eigenvalue weighted by molar-refractivity contribution is 6.18. The van der Waals surface area contributed by atoms with Gasteiger partial charge in [-0.3, -0.25) is 4.79 Å². The number of esters is 1. The van der Waals surface area contributed by atoms with Crippen molar-refractivity contribution in [3.05, 3.63) is 71.0 Å². The maximum Gasteiger partial charge on any atom is 0.341 e. The Kier molecular flexibility index (Phi) is 5.31. The summed E-state index contributed by atoms with van der Waals surface area (Å²) in [7, 11) is 1.58. The molecule has 1 aliphatic rings. The second-order valence-corrected chi connectivity index (χ2v) is 7.17. The third-order valence-corrected chi connectivity index (χ3v) is 5.46. The van der Waals surface area contributed by atoms with Crippen molar-refractivity contribution >= 4 is 28.4 Å². The number of hydrogen-bond acceptors (Lipinski definition) is 4. The molecule has 6 heteroatoms. The number of rotatable bonds is 4. The van der Waals surface area contributed by atoms with Gasteiger partial charge < -0.3 is 19.4 Å². The zero-order valence-electron chi connectivity index (χ0n) is 17.3. The van der Waals surface area contributed by atoms with Gasteiger partial charge in [0.2, 0.25) is 0 Å². The molecule has 2 aromatic carbocycles. The molecular weight excluding hydrogens is 380 g/mol. The van der Waals surface area contributed by atoms with Gasteiger partial charge in [0, 0.05) is 34.8 Å². The molecule has 6 nitrogen and oxygen atoms in total. The van der Waals surface area contributed by atoms with Crippen LogP contribution in [0.2, 0.25) is 0 Å². The molecule has 154 valence electrons. The molecule has 0 bridgehead atoms. The highest BCUT2D eigenvalue weighted by Gasteiger charge is 2.28. The number of para-hydroxylation sites is 1. The van der Waals surface area contributed by atoms with E-state index in [1.54, 1.807) is 37.3 Å². The molecule has 0 aliphatic carbocycles. The Morgan fingerprint density at radius 2 is 1.93 bits per heavy atom. The molecular formula is C24H24N2O4. The number of nitrogens with one attached hydrogen (secondary N) is 1. The summed E-state index contributed by atoms with van der Waals surface area (Å²) in [6.07, 6.45) is 2.23.